The fourth-order valence-corrected chi connectivity index (χ4v) is 5.27. The maximum Gasteiger partial charge on any atom is 0.138 e. The van der Waals surface area contributed by atoms with E-state index in [0.717, 1.165) is 35.8 Å². The van der Waals surface area contributed by atoms with Gasteiger partial charge in [0, 0.05) is 30.9 Å². The Kier molecular flexibility index (Phi) is 7.06. The number of halogens is 1. The van der Waals surface area contributed by atoms with Crippen LogP contribution in [0.15, 0.2) is 60.7 Å². The molecule has 1 aliphatic rings. The number of hydrogen-bond donors (Lipinski definition) is 2. The van der Waals surface area contributed by atoms with Gasteiger partial charge in [0.2, 0.25) is 0 Å². The van der Waals surface area contributed by atoms with Crippen molar-refractivity contribution in [3.8, 4) is 5.75 Å². The molecule has 5 heteroatoms. The lowest BCUT2D eigenvalue weighted by Gasteiger charge is -2.43. The minimum atomic E-state index is -0.681. The molecule has 0 saturated carbocycles. The molecule has 1 heterocycles. The van der Waals surface area contributed by atoms with Gasteiger partial charge in [-0.3, -0.25) is 4.90 Å². The quantitative estimate of drug-likeness (QED) is 0.504. The summed E-state index contributed by atoms with van der Waals surface area (Å²) in [5.41, 5.74) is 1.37. The van der Waals surface area contributed by atoms with Crippen molar-refractivity contribution in [3.63, 3.8) is 0 Å². The highest BCUT2D eigenvalue weighted by molar-refractivity contribution is 6.37. The molecule has 0 unspecified atom stereocenters. The van der Waals surface area contributed by atoms with Crippen LogP contribution in [0.1, 0.15) is 43.4 Å². The lowest BCUT2D eigenvalue weighted by Crippen LogP contribution is -2.50. The summed E-state index contributed by atoms with van der Waals surface area (Å²) in [5.74, 6) is 0.648. The molecule has 4 nitrogen and oxygen atoms in total. The monoisotopic (exact) mass is 453 g/mol. The largest absolute Gasteiger partial charge is 0.495 e. The van der Waals surface area contributed by atoms with Crippen LogP contribution in [0.2, 0.25) is 5.02 Å². The molecule has 2 atom stereocenters. The second-order valence-electron chi connectivity index (χ2n) is 8.91. The zero-order valence-electron chi connectivity index (χ0n) is 18.8. The summed E-state index contributed by atoms with van der Waals surface area (Å²) in [6.45, 7) is 3.66. The standard InChI is InChI=1S/C27H32ClNO3/c1-3-23(29-15-13-27(31,14-16-29)18-19-7-5-4-6-8-19)26(30)21-9-11-22-20(17-21)10-12-24(32-2)25(22)28/h4-12,17,23,26,30-31H,3,13-16,18H2,1-2H3/t23-,26-/m1/s1. The Morgan fingerprint density at radius 3 is 2.44 bits per heavy atom. The number of ether oxygens (including phenoxy) is 1. The Balaban J connectivity index is 1.47. The van der Waals surface area contributed by atoms with Crippen molar-refractivity contribution in [2.45, 2.75) is 50.4 Å². The number of benzene rings is 3. The summed E-state index contributed by atoms with van der Waals surface area (Å²) >= 11 is 6.45. The molecular weight excluding hydrogens is 422 g/mol. The lowest BCUT2D eigenvalue weighted by molar-refractivity contribution is -0.0497. The highest BCUT2D eigenvalue weighted by atomic mass is 35.5. The van der Waals surface area contributed by atoms with Gasteiger partial charge in [0.25, 0.3) is 0 Å². The number of nitrogens with zero attached hydrogens (tertiary/aromatic N) is 1. The summed E-state index contributed by atoms with van der Waals surface area (Å²) < 4.78 is 5.31. The van der Waals surface area contributed by atoms with Crippen LogP contribution in [0.4, 0.5) is 0 Å². The molecule has 2 N–H and O–H groups in total. The van der Waals surface area contributed by atoms with Crippen LogP contribution in [0.3, 0.4) is 0 Å². The molecule has 4 rings (SSSR count). The first-order valence-electron chi connectivity index (χ1n) is 11.4. The zero-order chi connectivity index (χ0) is 22.7. The number of fused-ring (bicyclic) bond motifs is 1. The molecular formula is C27H32ClNO3. The maximum absolute atomic E-state index is 11.3. The van der Waals surface area contributed by atoms with Gasteiger partial charge in [0.05, 0.1) is 23.8 Å². The Bertz CT molecular complexity index is 1050. The third kappa shape index (κ3) is 4.79. The number of rotatable bonds is 7. The summed E-state index contributed by atoms with van der Waals surface area (Å²) in [4.78, 5) is 2.33. The van der Waals surface area contributed by atoms with Crippen molar-refractivity contribution >= 4 is 22.4 Å². The van der Waals surface area contributed by atoms with E-state index >= 15 is 0 Å². The van der Waals surface area contributed by atoms with E-state index in [1.165, 1.54) is 5.56 Å². The SMILES string of the molecule is CC[C@H]([C@H](O)c1ccc2c(Cl)c(OC)ccc2c1)N1CCC(O)(Cc2ccccc2)CC1. The van der Waals surface area contributed by atoms with E-state index in [1.54, 1.807) is 7.11 Å². The van der Waals surface area contributed by atoms with Gasteiger partial charge in [-0.2, -0.15) is 0 Å². The van der Waals surface area contributed by atoms with Crippen molar-refractivity contribution < 1.29 is 14.9 Å². The van der Waals surface area contributed by atoms with E-state index < -0.39 is 11.7 Å². The molecule has 0 radical (unpaired) electrons. The summed E-state index contributed by atoms with van der Waals surface area (Å²) in [6, 6.07) is 19.9. The van der Waals surface area contributed by atoms with E-state index in [9.17, 15) is 10.2 Å². The fraction of sp³-hybridized carbons (Fsp3) is 0.407. The summed E-state index contributed by atoms with van der Waals surface area (Å²) in [6.07, 6.45) is 2.32. The van der Waals surface area contributed by atoms with Crippen LogP contribution < -0.4 is 4.74 Å². The Morgan fingerprint density at radius 1 is 1.06 bits per heavy atom. The van der Waals surface area contributed by atoms with E-state index in [2.05, 4.69) is 24.0 Å². The summed E-state index contributed by atoms with van der Waals surface area (Å²) in [7, 11) is 1.61. The second kappa shape index (κ2) is 9.80. The second-order valence-corrected chi connectivity index (χ2v) is 9.28. The lowest BCUT2D eigenvalue weighted by atomic mass is 9.84. The van der Waals surface area contributed by atoms with Gasteiger partial charge in [-0.05, 0) is 47.9 Å². The molecule has 0 aromatic heterocycles. The van der Waals surface area contributed by atoms with Crippen LogP contribution in [0.25, 0.3) is 10.8 Å². The number of hydrogen-bond acceptors (Lipinski definition) is 4. The Hall–Kier alpha value is -2.11. The molecule has 3 aromatic rings. The number of methoxy groups -OCH3 is 1. The molecule has 0 aliphatic carbocycles. The Labute approximate surface area is 195 Å². The van der Waals surface area contributed by atoms with Gasteiger partial charge in [0.15, 0.2) is 0 Å². The highest BCUT2D eigenvalue weighted by Gasteiger charge is 2.36. The topological polar surface area (TPSA) is 52.9 Å². The number of aliphatic hydroxyl groups is 2. The third-order valence-electron chi connectivity index (χ3n) is 6.86. The molecule has 1 fully saturated rings. The third-order valence-corrected chi connectivity index (χ3v) is 7.25. The fourth-order valence-electron chi connectivity index (χ4n) is 4.96. The van der Waals surface area contributed by atoms with Crippen molar-refractivity contribution in [2.24, 2.45) is 0 Å². The van der Waals surface area contributed by atoms with E-state index in [0.29, 0.717) is 30.0 Å². The highest BCUT2D eigenvalue weighted by Crippen LogP contribution is 2.36. The van der Waals surface area contributed by atoms with Crippen molar-refractivity contribution in [2.75, 3.05) is 20.2 Å². The van der Waals surface area contributed by atoms with Crippen LogP contribution >= 0.6 is 11.6 Å². The summed E-state index contributed by atoms with van der Waals surface area (Å²) in [5, 5.41) is 24.9. The zero-order valence-corrected chi connectivity index (χ0v) is 19.6. The average molecular weight is 454 g/mol. The number of piperidine rings is 1. The molecule has 3 aromatic carbocycles. The van der Waals surface area contributed by atoms with Gasteiger partial charge in [0.1, 0.15) is 5.75 Å². The van der Waals surface area contributed by atoms with E-state index in [-0.39, 0.29) is 6.04 Å². The van der Waals surface area contributed by atoms with E-state index in [4.69, 9.17) is 16.3 Å². The molecule has 1 saturated heterocycles. The molecule has 0 spiro atoms. The number of likely N-dealkylation sites (tertiary alicyclic amines) is 1. The average Bonchev–Trinajstić information content (AvgIpc) is 2.81. The molecule has 1 aliphatic heterocycles. The molecule has 170 valence electrons. The van der Waals surface area contributed by atoms with Crippen LogP contribution in [-0.2, 0) is 6.42 Å². The first kappa shape index (κ1) is 23.1. The normalized spacial score (nSPS) is 18.4. The number of aliphatic hydroxyl groups excluding tert-OH is 1. The van der Waals surface area contributed by atoms with Gasteiger partial charge in [-0.15, -0.1) is 0 Å². The maximum atomic E-state index is 11.3. The molecule has 0 amide bonds. The smallest absolute Gasteiger partial charge is 0.138 e. The van der Waals surface area contributed by atoms with Crippen LogP contribution in [-0.4, -0.2) is 47.0 Å². The van der Waals surface area contributed by atoms with Gasteiger partial charge in [-0.25, -0.2) is 0 Å². The predicted octanol–water partition coefficient (Wildman–Crippen LogP) is 5.38. The minimum absolute atomic E-state index is 0.00226. The predicted molar refractivity (Wildman–Crippen MR) is 130 cm³/mol. The molecule has 32 heavy (non-hydrogen) atoms. The van der Waals surface area contributed by atoms with Crippen molar-refractivity contribution in [1.29, 1.82) is 0 Å². The van der Waals surface area contributed by atoms with E-state index in [1.807, 2.05) is 48.5 Å². The van der Waals surface area contributed by atoms with Crippen LogP contribution in [0, 0.1) is 0 Å². The van der Waals surface area contributed by atoms with Crippen molar-refractivity contribution in [3.05, 3.63) is 76.8 Å². The first-order valence-corrected chi connectivity index (χ1v) is 11.8. The van der Waals surface area contributed by atoms with Crippen molar-refractivity contribution in [1.82, 2.24) is 4.90 Å². The minimum Gasteiger partial charge on any atom is -0.495 e. The van der Waals surface area contributed by atoms with Gasteiger partial charge < -0.3 is 14.9 Å². The van der Waals surface area contributed by atoms with Crippen LogP contribution in [0.5, 0.6) is 5.75 Å². The molecule has 0 bridgehead atoms. The van der Waals surface area contributed by atoms with Gasteiger partial charge >= 0.3 is 0 Å². The van der Waals surface area contributed by atoms with Gasteiger partial charge in [-0.1, -0.05) is 67.1 Å². The first-order chi connectivity index (χ1) is 15.4. The Morgan fingerprint density at radius 2 is 1.78 bits per heavy atom.